The van der Waals surface area contributed by atoms with E-state index in [9.17, 15) is 4.79 Å². The van der Waals surface area contributed by atoms with Gasteiger partial charge < -0.3 is 5.32 Å². The summed E-state index contributed by atoms with van der Waals surface area (Å²) < 4.78 is 0. The Balaban J connectivity index is 1.81. The molecular weight excluding hydrogens is 282 g/mol. The van der Waals surface area contributed by atoms with Crippen LogP contribution in [0.5, 0.6) is 0 Å². The molecule has 0 atom stereocenters. The third kappa shape index (κ3) is 3.95. The lowest BCUT2D eigenvalue weighted by atomic mass is 10.1. The van der Waals surface area contributed by atoms with Gasteiger partial charge in [0.05, 0.1) is 0 Å². The van der Waals surface area contributed by atoms with Crippen molar-refractivity contribution in [3.63, 3.8) is 0 Å². The van der Waals surface area contributed by atoms with Gasteiger partial charge in [-0.3, -0.25) is 4.79 Å². The molecule has 1 amide bonds. The van der Waals surface area contributed by atoms with Crippen molar-refractivity contribution in [2.75, 3.05) is 5.32 Å². The SMILES string of the molecule is O=C(Nc1ccccc1/C=C\c1ccccc1)c1ccccc1. The first kappa shape index (κ1) is 14.8. The quantitative estimate of drug-likeness (QED) is 0.666. The third-order valence-corrected chi connectivity index (χ3v) is 3.50. The fourth-order valence-electron chi connectivity index (χ4n) is 2.29. The van der Waals surface area contributed by atoms with Crippen LogP contribution in [0.15, 0.2) is 84.9 Å². The van der Waals surface area contributed by atoms with Crippen molar-refractivity contribution < 1.29 is 4.79 Å². The maximum atomic E-state index is 12.3. The molecule has 0 saturated heterocycles. The van der Waals surface area contributed by atoms with Crippen LogP contribution in [0.25, 0.3) is 12.2 Å². The molecule has 3 aromatic rings. The molecule has 2 heteroatoms. The van der Waals surface area contributed by atoms with Gasteiger partial charge in [-0.25, -0.2) is 0 Å². The highest BCUT2D eigenvalue weighted by Crippen LogP contribution is 2.19. The molecule has 0 aliphatic carbocycles. The molecule has 0 saturated carbocycles. The fourth-order valence-corrected chi connectivity index (χ4v) is 2.29. The minimum Gasteiger partial charge on any atom is -0.321 e. The van der Waals surface area contributed by atoms with Crippen LogP contribution in [0.1, 0.15) is 21.5 Å². The maximum absolute atomic E-state index is 12.3. The zero-order chi connectivity index (χ0) is 15.9. The third-order valence-electron chi connectivity index (χ3n) is 3.50. The highest BCUT2D eigenvalue weighted by molar-refractivity contribution is 6.05. The number of anilines is 1. The highest BCUT2D eigenvalue weighted by Gasteiger charge is 2.06. The second-order valence-corrected chi connectivity index (χ2v) is 5.15. The van der Waals surface area contributed by atoms with E-state index in [0.717, 1.165) is 16.8 Å². The predicted molar refractivity (Wildman–Crippen MR) is 96.2 cm³/mol. The predicted octanol–water partition coefficient (Wildman–Crippen LogP) is 5.11. The Labute approximate surface area is 136 Å². The van der Waals surface area contributed by atoms with Gasteiger partial charge in [-0.15, -0.1) is 0 Å². The summed E-state index contributed by atoms with van der Waals surface area (Å²) in [6.07, 6.45) is 4.05. The lowest BCUT2D eigenvalue weighted by molar-refractivity contribution is 0.102. The van der Waals surface area contributed by atoms with E-state index in [1.54, 1.807) is 12.1 Å². The topological polar surface area (TPSA) is 29.1 Å². The zero-order valence-electron chi connectivity index (χ0n) is 12.6. The second-order valence-electron chi connectivity index (χ2n) is 5.15. The van der Waals surface area contributed by atoms with Gasteiger partial charge in [0, 0.05) is 11.3 Å². The zero-order valence-corrected chi connectivity index (χ0v) is 12.6. The molecule has 3 rings (SSSR count). The van der Waals surface area contributed by atoms with E-state index in [-0.39, 0.29) is 5.91 Å². The van der Waals surface area contributed by atoms with Crippen LogP contribution in [0.3, 0.4) is 0 Å². The summed E-state index contributed by atoms with van der Waals surface area (Å²) in [6, 6.07) is 27.1. The van der Waals surface area contributed by atoms with Gasteiger partial charge in [0.1, 0.15) is 0 Å². The normalized spacial score (nSPS) is 10.6. The molecule has 0 aliphatic heterocycles. The first-order valence-corrected chi connectivity index (χ1v) is 7.51. The summed E-state index contributed by atoms with van der Waals surface area (Å²) in [5.74, 6) is -0.105. The smallest absolute Gasteiger partial charge is 0.255 e. The van der Waals surface area contributed by atoms with Crippen molar-refractivity contribution in [1.29, 1.82) is 0 Å². The number of carbonyl (C=O) groups is 1. The Morgan fingerprint density at radius 2 is 1.30 bits per heavy atom. The van der Waals surface area contributed by atoms with Gasteiger partial charge in [-0.2, -0.15) is 0 Å². The Morgan fingerprint density at radius 3 is 2.04 bits per heavy atom. The average Bonchev–Trinajstić information content (AvgIpc) is 2.62. The van der Waals surface area contributed by atoms with Crippen molar-refractivity contribution in [2.24, 2.45) is 0 Å². The van der Waals surface area contributed by atoms with Gasteiger partial charge in [-0.05, 0) is 29.3 Å². The number of nitrogens with one attached hydrogen (secondary N) is 1. The molecule has 3 aromatic carbocycles. The Hall–Kier alpha value is -3.13. The molecule has 1 N–H and O–H groups in total. The molecule has 0 radical (unpaired) electrons. The van der Waals surface area contributed by atoms with Crippen LogP contribution in [-0.4, -0.2) is 5.91 Å². The van der Waals surface area contributed by atoms with Crippen LogP contribution in [0.2, 0.25) is 0 Å². The molecule has 0 fully saturated rings. The van der Waals surface area contributed by atoms with Gasteiger partial charge in [-0.1, -0.05) is 78.9 Å². The van der Waals surface area contributed by atoms with Crippen molar-refractivity contribution in [3.05, 3.63) is 102 Å². The minimum atomic E-state index is -0.105. The standard InChI is InChI=1S/C21H17NO/c23-21(19-12-5-2-6-13-19)22-20-14-8-7-11-18(20)16-15-17-9-3-1-4-10-17/h1-16H,(H,22,23)/b16-15-. The van der Waals surface area contributed by atoms with Crippen molar-refractivity contribution in [1.82, 2.24) is 0 Å². The summed E-state index contributed by atoms with van der Waals surface area (Å²) >= 11 is 0. The largest absolute Gasteiger partial charge is 0.321 e. The fraction of sp³-hybridized carbons (Fsp3) is 0. The van der Waals surface area contributed by atoms with E-state index in [4.69, 9.17) is 0 Å². The molecule has 0 heterocycles. The number of hydrogen-bond donors (Lipinski definition) is 1. The highest BCUT2D eigenvalue weighted by atomic mass is 16.1. The van der Waals surface area contributed by atoms with Gasteiger partial charge in [0.25, 0.3) is 5.91 Å². The number of carbonyl (C=O) groups excluding carboxylic acids is 1. The summed E-state index contributed by atoms with van der Waals surface area (Å²) in [4.78, 5) is 12.3. The minimum absolute atomic E-state index is 0.105. The number of hydrogen-bond acceptors (Lipinski definition) is 1. The van der Waals surface area contributed by atoms with E-state index in [1.807, 2.05) is 84.9 Å². The van der Waals surface area contributed by atoms with Crippen molar-refractivity contribution >= 4 is 23.7 Å². The maximum Gasteiger partial charge on any atom is 0.255 e. The number of amides is 1. The molecule has 0 aliphatic rings. The Kier molecular flexibility index (Phi) is 4.65. The molecule has 23 heavy (non-hydrogen) atoms. The summed E-state index contributed by atoms with van der Waals surface area (Å²) in [5, 5.41) is 2.97. The van der Waals surface area contributed by atoms with Gasteiger partial charge in [0.2, 0.25) is 0 Å². The van der Waals surface area contributed by atoms with Crippen molar-refractivity contribution in [3.8, 4) is 0 Å². The Morgan fingerprint density at radius 1 is 0.696 bits per heavy atom. The monoisotopic (exact) mass is 299 g/mol. The summed E-state index contributed by atoms with van der Waals surface area (Å²) in [7, 11) is 0. The van der Waals surface area contributed by atoms with Crippen molar-refractivity contribution in [2.45, 2.75) is 0 Å². The van der Waals surface area contributed by atoms with E-state index >= 15 is 0 Å². The Bertz CT molecular complexity index is 808. The number of para-hydroxylation sites is 1. The van der Waals surface area contributed by atoms with Crippen LogP contribution >= 0.6 is 0 Å². The van der Waals surface area contributed by atoms with Gasteiger partial charge >= 0.3 is 0 Å². The lowest BCUT2D eigenvalue weighted by Gasteiger charge is -2.08. The molecule has 0 spiro atoms. The first-order chi connectivity index (χ1) is 11.3. The summed E-state index contributed by atoms with van der Waals surface area (Å²) in [5.41, 5.74) is 3.54. The van der Waals surface area contributed by atoms with Crippen LogP contribution in [0.4, 0.5) is 5.69 Å². The second kappa shape index (κ2) is 7.23. The number of benzene rings is 3. The molecule has 0 unspecified atom stereocenters. The van der Waals surface area contributed by atoms with E-state index in [0.29, 0.717) is 5.56 Å². The van der Waals surface area contributed by atoms with Gasteiger partial charge in [0.15, 0.2) is 0 Å². The average molecular weight is 299 g/mol. The van der Waals surface area contributed by atoms with Crippen LogP contribution < -0.4 is 5.32 Å². The van der Waals surface area contributed by atoms with Crippen LogP contribution in [0, 0.1) is 0 Å². The molecule has 2 nitrogen and oxygen atoms in total. The molecule has 0 bridgehead atoms. The molecule has 112 valence electrons. The first-order valence-electron chi connectivity index (χ1n) is 7.51. The number of rotatable bonds is 4. The lowest BCUT2D eigenvalue weighted by Crippen LogP contribution is -2.12. The molecular formula is C21H17NO. The molecule has 0 aromatic heterocycles. The van der Waals surface area contributed by atoms with E-state index in [2.05, 4.69) is 5.32 Å². The summed E-state index contributed by atoms with van der Waals surface area (Å²) in [6.45, 7) is 0. The van der Waals surface area contributed by atoms with E-state index < -0.39 is 0 Å². The van der Waals surface area contributed by atoms with Crippen LogP contribution in [-0.2, 0) is 0 Å². The van der Waals surface area contributed by atoms with E-state index in [1.165, 1.54) is 0 Å².